The van der Waals surface area contributed by atoms with Gasteiger partial charge in [0.1, 0.15) is 0 Å². The van der Waals surface area contributed by atoms with Crippen molar-refractivity contribution in [2.24, 2.45) is 0 Å². The van der Waals surface area contributed by atoms with Crippen LogP contribution < -0.4 is 10.6 Å². The number of rotatable bonds is 7. The van der Waals surface area contributed by atoms with E-state index >= 15 is 0 Å². The first kappa shape index (κ1) is 19.1. The van der Waals surface area contributed by atoms with Crippen LogP contribution in [0.1, 0.15) is 15.2 Å². The van der Waals surface area contributed by atoms with Gasteiger partial charge in [0, 0.05) is 23.6 Å². The molecule has 0 aliphatic rings. The minimum Gasteiger partial charge on any atom is -0.452 e. The Kier molecular flexibility index (Phi) is 6.80. The van der Waals surface area contributed by atoms with E-state index in [2.05, 4.69) is 5.32 Å². The number of urea groups is 1. The maximum atomic E-state index is 11.7. The van der Waals surface area contributed by atoms with Crippen LogP contribution in [0.2, 0.25) is 0 Å². The van der Waals surface area contributed by atoms with Crippen molar-refractivity contribution >= 4 is 34.9 Å². The number of amides is 3. The first-order chi connectivity index (χ1) is 12.5. The quantitative estimate of drug-likeness (QED) is 0.431. The van der Waals surface area contributed by atoms with Crippen LogP contribution in [0.3, 0.4) is 0 Å². The Morgan fingerprint density at radius 1 is 1.15 bits per heavy atom. The van der Waals surface area contributed by atoms with E-state index in [0.717, 1.165) is 17.0 Å². The van der Waals surface area contributed by atoms with Crippen molar-refractivity contribution in [1.82, 2.24) is 10.6 Å². The fourth-order valence-electron chi connectivity index (χ4n) is 1.89. The summed E-state index contributed by atoms with van der Waals surface area (Å²) in [7, 11) is 0. The predicted molar refractivity (Wildman–Crippen MR) is 92.9 cm³/mol. The summed E-state index contributed by atoms with van der Waals surface area (Å²) >= 11 is 1.57. The van der Waals surface area contributed by atoms with Gasteiger partial charge in [-0.15, -0.1) is 11.3 Å². The molecule has 0 spiro atoms. The number of hydrogen-bond acceptors (Lipinski definition) is 7. The van der Waals surface area contributed by atoms with E-state index < -0.39 is 29.4 Å². The summed E-state index contributed by atoms with van der Waals surface area (Å²) in [5, 5.41) is 17.0. The Labute approximate surface area is 152 Å². The topological polar surface area (TPSA) is 128 Å². The van der Waals surface area contributed by atoms with E-state index in [9.17, 15) is 24.5 Å². The Hall–Kier alpha value is -3.27. The average molecular weight is 377 g/mol. The zero-order valence-corrected chi connectivity index (χ0v) is 14.3. The van der Waals surface area contributed by atoms with E-state index in [1.807, 2.05) is 22.8 Å². The van der Waals surface area contributed by atoms with E-state index in [1.165, 1.54) is 12.1 Å². The van der Waals surface area contributed by atoms with Gasteiger partial charge in [0.15, 0.2) is 6.61 Å². The van der Waals surface area contributed by atoms with Crippen molar-refractivity contribution in [2.45, 2.75) is 6.42 Å². The number of benzene rings is 1. The van der Waals surface area contributed by atoms with Crippen molar-refractivity contribution < 1.29 is 24.0 Å². The summed E-state index contributed by atoms with van der Waals surface area (Å²) in [6.45, 7) is -0.281. The van der Waals surface area contributed by atoms with Crippen LogP contribution in [0.5, 0.6) is 0 Å². The summed E-state index contributed by atoms with van der Waals surface area (Å²) in [6.07, 6.45) is 0.647. The standard InChI is InChI=1S/C16H15N3O6S/c20-14(18-16(22)17-8-7-13-2-1-9-26-13)10-25-15(21)11-3-5-12(6-4-11)19(23)24/h1-6,9H,7-8,10H2,(H2,17,18,20,22). The van der Waals surface area contributed by atoms with Crippen molar-refractivity contribution in [3.8, 4) is 0 Å². The highest BCUT2D eigenvalue weighted by atomic mass is 32.1. The van der Waals surface area contributed by atoms with Crippen molar-refractivity contribution in [3.63, 3.8) is 0 Å². The smallest absolute Gasteiger partial charge is 0.338 e. The minimum atomic E-state index is -0.826. The molecule has 1 heterocycles. The first-order valence-corrected chi connectivity index (χ1v) is 8.35. The van der Waals surface area contributed by atoms with Crippen LogP contribution in [-0.4, -0.2) is 36.0 Å². The molecule has 0 fully saturated rings. The maximum Gasteiger partial charge on any atom is 0.338 e. The van der Waals surface area contributed by atoms with Gasteiger partial charge in [-0.1, -0.05) is 6.07 Å². The van der Waals surface area contributed by atoms with Gasteiger partial charge >= 0.3 is 12.0 Å². The molecule has 0 aliphatic heterocycles. The van der Waals surface area contributed by atoms with Crippen LogP contribution in [0.4, 0.5) is 10.5 Å². The predicted octanol–water partition coefficient (Wildman–Crippen LogP) is 1.88. The molecule has 0 unspecified atom stereocenters. The highest BCUT2D eigenvalue weighted by molar-refractivity contribution is 7.09. The van der Waals surface area contributed by atoms with Crippen LogP contribution in [0.15, 0.2) is 41.8 Å². The third-order valence-corrected chi connectivity index (χ3v) is 4.07. The molecule has 9 nitrogen and oxygen atoms in total. The molecule has 10 heteroatoms. The Balaban J connectivity index is 1.69. The van der Waals surface area contributed by atoms with Crippen LogP contribution in [0, 0.1) is 10.1 Å². The monoisotopic (exact) mass is 377 g/mol. The van der Waals surface area contributed by atoms with Gasteiger partial charge in [0.25, 0.3) is 11.6 Å². The number of nitrogens with zero attached hydrogens (tertiary/aromatic N) is 1. The van der Waals surface area contributed by atoms with Gasteiger partial charge in [-0.05, 0) is 30.0 Å². The van der Waals surface area contributed by atoms with E-state index in [1.54, 1.807) is 11.3 Å². The fourth-order valence-corrected chi connectivity index (χ4v) is 2.60. The highest BCUT2D eigenvalue weighted by Gasteiger charge is 2.14. The van der Waals surface area contributed by atoms with Gasteiger partial charge in [0.05, 0.1) is 10.5 Å². The lowest BCUT2D eigenvalue weighted by molar-refractivity contribution is -0.384. The maximum absolute atomic E-state index is 11.7. The summed E-state index contributed by atoms with van der Waals surface area (Å²) in [5.74, 6) is -1.61. The minimum absolute atomic E-state index is 0.0591. The molecule has 3 amide bonds. The largest absolute Gasteiger partial charge is 0.452 e. The van der Waals surface area contributed by atoms with Gasteiger partial charge in [-0.3, -0.25) is 20.2 Å². The normalized spacial score (nSPS) is 10.0. The van der Waals surface area contributed by atoms with Gasteiger partial charge in [0.2, 0.25) is 0 Å². The van der Waals surface area contributed by atoms with Crippen LogP contribution in [-0.2, 0) is 16.0 Å². The molecule has 0 atom stereocenters. The number of esters is 1. The number of nitro benzene ring substituents is 1. The molecule has 136 valence electrons. The van der Waals surface area contributed by atoms with Crippen molar-refractivity contribution in [2.75, 3.05) is 13.2 Å². The number of nitrogens with one attached hydrogen (secondary N) is 2. The molecule has 0 aliphatic carbocycles. The highest BCUT2D eigenvalue weighted by Crippen LogP contribution is 2.12. The molecule has 1 aromatic carbocycles. The van der Waals surface area contributed by atoms with Gasteiger partial charge < -0.3 is 10.1 Å². The SMILES string of the molecule is O=C(COC(=O)c1ccc([N+](=O)[O-])cc1)NC(=O)NCCc1cccs1. The zero-order valence-electron chi connectivity index (χ0n) is 13.5. The number of nitro groups is 1. The molecule has 26 heavy (non-hydrogen) atoms. The summed E-state index contributed by atoms with van der Waals surface area (Å²) in [5.41, 5.74) is -0.109. The molecular weight excluding hydrogens is 362 g/mol. The number of imide groups is 1. The Bertz CT molecular complexity index is 789. The third-order valence-electron chi connectivity index (χ3n) is 3.14. The summed E-state index contributed by atoms with van der Waals surface area (Å²) in [4.78, 5) is 45.9. The van der Waals surface area contributed by atoms with E-state index in [0.29, 0.717) is 13.0 Å². The first-order valence-electron chi connectivity index (χ1n) is 7.47. The second-order valence-corrected chi connectivity index (χ2v) is 6.05. The number of thiophene rings is 1. The molecule has 0 bridgehead atoms. The number of ether oxygens (including phenoxy) is 1. The third kappa shape index (κ3) is 5.98. The molecule has 2 N–H and O–H groups in total. The average Bonchev–Trinajstić information content (AvgIpc) is 3.13. The molecule has 0 radical (unpaired) electrons. The molecule has 0 saturated heterocycles. The second kappa shape index (κ2) is 9.28. The van der Waals surface area contributed by atoms with Gasteiger partial charge in [-0.25, -0.2) is 9.59 Å². The number of carbonyl (C=O) groups is 3. The number of hydrogen-bond donors (Lipinski definition) is 2. The lowest BCUT2D eigenvalue weighted by Crippen LogP contribution is -2.42. The fraction of sp³-hybridized carbons (Fsp3) is 0.188. The van der Waals surface area contributed by atoms with Gasteiger partial charge in [-0.2, -0.15) is 0 Å². The van der Waals surface area contributed by atoms with Crippen LogP contribution >= 0.6 is 11.3 Å². The molecular formula is C16H15N3O6S. The van der Waals surface area contributed by atoms with E-state index in [4.69, 9.17) is 4.74 Å². The molecule has 2 rings (SSSR count). The molecule has 0 saturated carbocycles. The molecule has 2 aromatic rings. The Morgan fingerprint density at radius 2 is 1.88 bits per heavy atom. The number of carbonyl (C=O) groups excluding carboxylic acids is 3. The van der Waals surface area contributed by atoms with E-state index in [-0.39, 0.29) is 11.3 Å². The summed E-state index contributed by atoms with van der Waals surface area (Å²) in [6, 6.07) is 7.90. The number of non-ortho nitro benzene ring substituents is 1. The van der Waals surface area contributed by atoms with Crippen molar-refractivity contribution in [1.29, 1.82) is 0 Å². The lowest BCUT2D eigenvalue weighted by atomic mass is 10.2. The summed E-state index contributed by atoms with van der Waals surface area (Å²) < 4.78 is 4.76. The van der Waals surface area contributed by atoms with Crippen molar-refractivity contribution in [3.05, 3.63) is 62.3 Å². The second-order valence-electron chi connectivity index (χ2n) is 5.01. The lowest BCUT2D eigenvalue weighted by Gasteiger charge is -2.07. The molecule has 1 aromatic heterocycles. The Morgan fingerprint density at radius 3 is 2.50 bits per heavy atom. The zero-order chi connectivity index (χ0) is 18.9. The van der Waals surface area contributed by atoms with Crippen LogP contribution in [0.25, 0.3) is 0 Å².